The molecule has 0 aliphatic heterocycles. The maximum absolute atomic E-state index is 10.9. The minimum absolute atomic E-state index is 0.154. The molecule has 94 valence electrons. The molecule has 0 aromatic rings. The number of esters is 1. The van der Waals surface area contributed by atoms with Crippen LogP contribution in [0.2, 0.25) is 0 Å². The number of carbonyl (C=O) groups excluding carboxylic acids is 1. The second-order valence-corrected chi connectivity index (χ2v) is 3.38. The molecule has 0 N–H and O–H groups in total. The molecular weight excluding hydrogens is 214 g/mol. The van der Waals surface area contributed by atoms with Crippen LogP contribution in [0, 0.1) is 10.1 Å². The third kappa shape index (κ3) is 10.7. The van der Waals surface area contributed by atoms with Gasteiger partial charge in [0.25, 0.3) is 5.09 Å². The van der Waals surface area contributed by atoms with E-state index in [1.165, 1.54) is 0 Å². The van der Waals surface area contributed by atoms with Gasteiger partial charge in [0.05, 0.1) is 13.2 Å². The summed E-state index contributed by atoms with van der Waals surface area (Å²) in [7, 11) is 0. The molecule has 0 radical (unpaired) electrons. The van der Waals surface area contributed by atoms with Crippen LogP contribution in [-0.2, 0) is 14.4 Å². The number of nitrogens with zero attached hydrogens (tertiary/aromatic N) is 1. The summed E-state index contributed by atoms with van der Waals surface area (Å²) in [5.41, 5.74) is 0. The normalized spacial score (nSPS) is 9.81. The first-order valence-electron chi connectivity index (χ1n) is 5.59. The van der Waals surface area contributed by atoms with Crippen LogP contribution >= 0.6 is 0 Å². The maximum atomic E-state index is 10.9. The molecule has 0 spiro atoms. The Bertz CT molecular complexity index is 207. The van der Waals surface area contributed by atoms with E-state index in [0.29, 0.717) is 19.4 Å². The zero-order valence-corrected chi connectivity index (χ0v) is 9.65. The van der Waals surface area contributed by atoms with Gasteiger partial charge in [0, 0.05) is 6.42 Å². The zero-order chi connectivity index (χ0) is 12.2. The smallest absolute Gasteiger partial charge is 0.305 e. The van der Waals surface area contributed by atoms with E-state index in [1.807, 2.05) is 0 Å². The van der Waals surface area contributed by atoms with Gasteiger partial charge in [0.15, 0.2) is 0 Å². The van der Waals surface area contributed by atoms with Crippen LogP contribution in [0.5, 0.6) is 0 Å². The van der Waals surface area contributed by atoms with Crippen molar-refractivity contribution in [2.45, 2.75) is 45.4 Å². The van der Waals surface area contributed by atoms with Crippen molar-refractivity contribution in [3.63, 3.8) is 0 Å². The van der Waals surface area contributed by atoms with Crippen LogP contribution in [0.25, 0.3) is 0 Å². The number of unbranched alkanes of at least 4 members (excludes halogenated alkanes) is 4. The van der Waals surface area contributed by atoms with Gasteiger partial charge in [-0.2, -0.15) is 0 Å². The highest BCUT2D eigenvalue weighted by Crippen LogP contribution is 2.06. The highest BCUT2D eigenvalue weighted by Gasteiger charge is 2.00. The molecule has 0 fully saturated rings. The van der Waals surface area contributed by atoms with Crippen LogP contribution in [0.4, 0.5) is 0 Å². The second-order valence-electron chi connectivity index (χ2n) is 3.38. The molecule has 0 atom stereocenters. The van der Waals surface area contributed by atoms with E-state index in [1.54, 1.807) is 6.92 Å². The summed E-state index contributed by atoms with van der Waals surface area (Å²) in [6.07, 6.45) is 4.74. The van der Waals surface area contributed by atoms with Gasteiger partial charge in [-0.25, -0.2) is 0 Å². The molecule has 0 rings (SSSR count). The van der Waals surface area contributed by atoms with E-state index in [0.717, 1.165) is 25.7 Å². The Hall–Kier alpha value is -1.33. The van der Waals surface area contributed by atoms with Gasteiger partial charge in [-0.05, 0) is 19.8 Å². The van der Waals surface area contributed by atoms with Crippen molar-refractivity contribution in [2.75, 3.05) is 13.2 Å². The molecule has 0 aliphatic carbocycles. The molecule has 0 bridgehead atoms. The Morgan fingerprint density at radius 2 is 1.81 bits per heavy atom. The molecular formula is C10H19NO5. The van der Waals surface area contributed by atoms with Crippen LogP contribution < -0.4 is 0 Å². The molecule has 0 aromatic heterocycles. The van der Waals surface area contributed by atoms with Gasteiger partial charge in [0.2, 0.25) is 0 Å². The first-order chi connectivity index (χ1) is 7.66. The summed E-state index contributed by atoms with van der Waals surface area (Å²) in [5, 5.41) is 9.03. The third-order valence-corrected chi connectivity index (χ3v) is 2.03. The lowest BCUT2D eigenvalue weighted by Crippen LogP contribution is -2.03. The minimum Gasteiger partial charge on any atom is -0.466 e. The first kappa shape index (κ1) is 14.7. The molecule has 0 saturated carbocycles. The van der Waals surface area contributed by atoms with E-state index in [2.05, 4.69) is 4.84 Å². The highest BCUT2D eigenvalue weighted by atomic mass is 16.9. The van der Waals surface area contributed by atoms with E-state index in [4.69, 9.17) is 4.74 Å². The van der Waals surface area contributed by atoms with Crippen molar-refractivity contribution in [1.82, 2.24) is 0 Å². The van der Waals surface area contributed by atoms with Crippen LogP contribution in [-0.4, -0.2) is 24.3 Å². The fourth-order valence-corrected chi connectivity index (χ4v) is 1.27. The monoisotopic (exact) mass is 233 g/mol. The summed E-state index contributed by atoms with van der Waals surface area (Å²) < 4.78 is 4.78. The molecule has 6 nitrogen and oxygen atoms in total. The number of ether oxygens (including phenoxy) is 1. The van der Waals surface area contributed by atoms with Gasteiger partial charge < -0.3 is 9.57 Å². The number of hydrogen-bond donors (Lipinski definition) is 0. The highest BCUT2D eigenvalue weighted by molar-refractivity contribution is 5.69. The molecule has 0 amide bonds. The van der Waals surface area contributed by atoms with E-state index >= 15 is 0 Å². The number of hydrogen-bond acceptors (Lipinski definition) is 5. The van der Waals surface area contributed by atoms with Gasteiger partial charge in [-0.3, -0.25) is 4.79 Å². The van der Waals surface area contributed by atoms with Gasteiger partial charge in [0.1, 0.15) is 0 Å². The predicted octanol–water partition coefficient (Wildman–Crippen LogP) is 2.10. The minimum atomic E-state index is -0.777. The van der Waals surface area contributed by atoms with Crippen molar-refractivity contribution >= 4 is 5.97 Å². The van der Waals surface area contributed by atoms with Gasteiger partial charge >= 0.3 is 5.97 Å². The Kier molecular flexibility index (Phi) is 9.35. The summed E-state index contributed by atoms with van der Waals surface area (Å²) >= 11 is 0. The topological polar surface area (TPSA) is 78.7 Å². The van der Waals surface area contributed by atoms with Crippen molar-refractivity contribution in [3.8, 4) is 0 Å². The van der Waals surface area contributed by atoms with Crippen LogP contribution in [0.15, 0.2) is 0 Å². The van der Waals surface area contributed by atoms with Crippen molar-refractivity contribution in [3.05, 3.63) is 10.1 Å². The summed E-state index contributed by atoms with van der Waals surface area (Å²) in [5.74, 6) is -0.154. The lowest BCUT2D eigenvalue weighted by molar-refractivity contribution is -0.757. The van der Waals surface area contributed by atoms with E-state index in [-0.39, 0.29) is 12.6 Å². The molecule has 16 heavy (non-hydrogen) atoms. The van der Waals surface area contributed by atoms with Crippen molar-refractivity contribution < 1.29 is 19.5 Å². The molecule has 0 aliphatic rings. The van der Waals surface area contributed by atoms with E-state index < -0.39 is 5.09 Å². The molecule has 0 aromatic carbocycles. The molecule has 0 unspecified atom stereocenters. The quantitative estimate of drug-likeness (QED) is 0.250. The van der Waals surface area contributed by atoms with Crippen molar-refractivity contribution in [1.29, 1.82) is 0 Å². The second kappa shape index (κ2) is 10.2. The summed E-state index contributed by atoms with van der Waals surface area (Å²) in [4.78, 5) is 24.9. The number of rotatable bonds is 10. The van der Waals surface area contributed by atoms with Gasteiger partial charge in [-0.15, -0.1) is 10.1 Å². The largest absolute Gasteiger partial charge is 0.466 e. The average molecular weight is 233 g/mol. The maximum Gasteiger partial charge on any atom is 0.305 e. The average Bonchev–Trinajstić information content (AvgIpc) is 2.22. The Balaban J connectivity index is 3.09. The predicted molar refractivity (Wildman–Crippen MR) is 57.3 cm³/mol. The molecule has 0 saturated heterocycles. The van der Waals surface area contributed by atoms with Crippen LogP contribution in [0.3, 0.4) is 0 Å². The van der Waals surface area contributed by atoms with Crippen molar-refractivity contribution in [2.24, 2.45) is 0 Å². The first-order valence-corrected chi connectivity index (χ1v) is 5.59. The summed E-state index contributed by atoms with van der Waals surface area (Å²) in [6, 6.07) is 0. The number of carbonyl (C=O) groups is 1. The Morgan fingerprint density at radius 1 is 1.19 bits per heavy atom. The van der Waals surface area contributed by atoms with E-state index in [9.17, 15) is 14.9 Å². The standard InChI is InChI=1S/C10H19NO5/c1-2-15-10(12)8-6-4-3-5-7-9-16-11(13)14/h2-9H2,1H3. The molecule has 0 heterocycles. The SMILES string of the molecule is CCOC(=O)CCCCCCCO[N+](=O)[O-]. The third-order valence-electron chi connectivity index (χ3n) is 2.03. The van der Waals surface area contributed by atoms with Crippen LogP contribution in [0.1, 0.15) is 45.4 Å². The van der Waals surface area contributed by atoms with Gasteiger partial charge in [-0.1, -0.05) is 19.3 Å². The molecule has 6 heteroatoms. The zero-order valence-electron chi connectivity index (χ0n) is 9.65. The lowest BCUT2D eigenvalue weighted by Gasteiger charge is -2.02. The Morgan fingerprint density at radius 3 is 2.44 bits per heavy atom. The Labute approximate surface area is 95.0 Å². The fraction of sp³-hybridized carbons (Fsp3) is 0.900. The lowest BCUT2D eigenvalue weighted by atomic mass is 10.1. The summed E-state index contributed by atoms with van der Waals surface area (Å²) in [6.45, 7) is 2.37. The fourth-order valence-electron chi connectivity index (χ4n) is 1.27.